The van der Waals surface area contributed by atoms with Gasteiger partial charge in [0.25, 0.3) is 0 Å². The third-order valence-corrected chi connectivity index (χ3v) is 9.76. The van der Waals surface area contributed by atoms with Crippen molar-refractivity contribution < 1.29 is 0 Å². The van der Waals surface area contributed by atoms with Crippen molar-refractivity contribution in [1.29, 1.82) is 0 Å². The summed E-state index contributed by atoms with van der Waals surface area (Å²) in [6.07, 6.45) is 12.9. The van der Waals surface area contributed by atoms with Gasteiger partial charge in [-0.1, -0.05) is 27.2 Å². The van der Waals surface area contributed by atoms with Crippen LogP contribution in [0.25, 0.3) is 0 Å². The fourth-order valence-electron chi connectivity index (χ4n) is 8.27. The Bertz CT molecular complexity index is 476. The quantitative estimate of drug-likeness (QED) is 0.755. The molecule has 4 saturated carbocycles. The van der Waals surface area contributed by atoms with Crippen LogP contribution >= 0.6 is 0 Å². The van der Waals surface area contributed by atoms with E-state index in [0.29, 0.717) is 28.3 Å². The maximum absolute atomic E-state index is 6.55. The molecule has 0 spiro atoms. The number of fused-ring (bicyclic) bond motifs is 5. The second-order valence-electron chi connectivity index (χ2n) is 10.3. The van der Waals surface area contributed by atoms with Crippen molar-refractivity contribution in [3.63, 3.8) is 0 Å². The molecule has 0 aromatic carbocycles. The van der Waals surface area contributed by atoms with Gasteiger partial charge < -0.3 is 11.1 Å². The highest BCUT2D eigenvalue weighted by atomic mass is 15.0. The van der Waals surface area contributed by atoms with Crippen molar-refractivity contribution in [3.8, 4) is 0 Å². The van der Waals surface area contributed by atoms with E-state index in [0.717, 1.165) is 17.8 Å². The molecular formula is C21H38N2. The van der Waals surface area contributed by atoms with Crippen molar-refractivity contribution in [1.82, 2.24) is 5.32 Å². The number of rotatable bonds is 1. The van der Waals surface area contributed by atoms with Gasteiger partial charge in [-0.2, -0.15) is 0 Å². The zero-order chi connectivity index (χ0) is 16.5. The summed E-state index contributed by atoms with van der Waals surface area (Å²) in [5, 5.41) is 3.64. The molecule has 0 aliphatic heterocycles. The van der Waals surface area contributed by atoms with E-state index in [1.54, 1.807) is 0 Å². The molecule has 3 unspecified atom stereocenters. The van der Waals surface area contributed by atoms with Gasteiger partial charge >= 0.3 is 0 Å². The van der Waals surface area contributed by atoms with Gasteiger partial charge in [0.2, 0.25) is 0 Å². The lowest BCUT2D eigenvalue weighted by Crippen LogP contribution is -2.68. The lowest BCUT2D eigenvalue weighted by atomic mass is 9.39. The summed E-state index contributed by atoms with van der Waals surface area (Å²) in [7, 11) is 2.14. The fourth-order valence-corrected chi connectivity index (χ4v) is 8.27. The lowest BCUT2D eigenvalue weighted by Gasteiger charge is -2.67. The molecule has 0 radical (unpaired) electrons. The Hall–Kier alpha value is -0.0800. The van der Waals surface area contributed by atoms with Crippen LogP contribution in [0.1, 0.15) is 78.6 Å². The Labute approximate surface area is 143 Å². The zero-order valence-electron chi connectivity index (χ0n) is 15.8. The van der Waals surface area contributed by atoms with Crippen molar-refractivity contribution in [2.45, 2.75) is 90.6 Å². The van der Waals surface area contributed by atoms with E-state index in [-0.39, 0.29) is 0 Å². The summed E-state index contributed by atoms with van der Waals surface area (Å²) in [6, 6.07) is 0.842. The van der Waals surface area contributed by atoms with Crippen LogP contribution in [0.15, 0.2) is 0 Å². The molecular weight excluding hydrogens is 280 g/mol. The van der Waals surface area contributed by atoms with Crippen LogP contribution in [0, 0.1) is 34.0 Å². The Balaban J connectivity index is 1.69. The van der Waals surface area contributed by atoms with Gasteiger partial charge in [-0.25, -0.2) is 0 Å². The topological polar surface area (TPSA) is 38.0 Å². The van der Waals surface area contributed by atoms with Gasteiger partial charge in [0.05, 0.1) is 0 Å². The first-order chi connectivity index (χ1) is 10.9. The number of likely N-dealkylation sites (N-methyl/N-ethyl adjacent to an activating group) is 1. The Morgan fingerprint density at radius 2 is 1.57 bits per heavy atom. The predicted molar refractivity (Wildman–Crippen MR) is 97.2 cm³/mol. The van der Waals surface area contributed by atoms with Crippen molar-refractivity contribution in [2.75, 3.05) is 7.05 Å². The maximum Gasteiger partial charge on any atom is 0.0275 e. The Morgan fingerprint density at radius 1 is 0.826 bits per heavy atom. The SMILES string of the molecule is CNC1C(N)CC[C@]2(C)[C@H]3CC[C@]4(C)CCC[C@H]4C3CC[C@@]12C. The number of hydrogen-bond donors (Lipinski definition) is 2. The van der Waals surface area contributed by atoms with E-state index in [1.165, 1.54) is 57.8 Å². The minimum Gasteiger partial charge on any atom is -0.326 e. The minimum atomic E-state index is 0.343. The van der Waals surface area contributed by atoms with Gasteiger partial charge in [0.15, 0.2) is 0 Å². The van der Waals surface area contributed by atoms with Gasteiger partial charge in [-0.15, -0.1) is 0 Å². The summed E-state index contributed by atoms with van der Waals surface area (Å²) in [5.41, 5.74) is 8.10. The molecule has 0 amide bonds. The summed E-state index contributed by atoms with van der Waals surface area (Å²) < 4.78 is 0. The second kappa shape index (κ2) is 5.21. The number of nitrogens with one attached hydrogen (secondary N) is 1. The standard InChI is InChI=1S/C21H38N2/c1-19-10-5-6-15(19)14-7-12-21(3)18(23-4)17(22)9-13-20(21,2)16(14)8-11-19/h14-18,23H,5-13,22H2,1-4H3/t14?,15-,16-,17?,18?,19-,20+,21-/m0/s1. The molecule has 23 heavy (non-hydrogen) atoms. The summed E-state index contributed by atoms with van der Waals surface area (Å²) in [5.74, 6) is 2.97. The molecule has 4 aliphatic rings. The van der Waals surface area contributed by atoms with Crippen LogP contribution in [0.3, 0.4) is 0 Å². The normalized spacial score (nSPS) is 59.1. The molecule has 3 N–H and O–H groups in total. The number of nitrogens with two attached hydrogens (primary N) is 1. The molecule has 132 valence electrons. The van der Waals surface area contributed by atoms with E-state index in [4.69, 9.17) is 5.73 Å². The van der Waals surface area contributed by atoms with E-state index < -0.39 is 0 Å². The van der Waals surface area contributed by atoms with E-state index in [1.807, 2.05) is 0 Å². The van der Waals surface area contributed by atoms with Crippen molar-refractivity contribution in [3.05, 3.63) is 0 Å². The molecule has 0 bridgehead atoms. The highest BCUT2D eigenvalue weighted by Gasteiger charge is 2.64. The third-order valence-electron chi connectivity index (χ3n) is 9.76. The van der Waals surface area contributed by atoms with Crippen LogP contribution in [0.4, 0.5) is 0 Å². The smallest absolute Gasteiger partial charge is 0.0275 e. The summed E-state index contributed by atoms with van der Waals surface area (Å²) in [4.78, 5) is 0. The highest BCUT2D eigenvalue weighted by molar-refractivity contribution is 5.15. The van der Waals surface area contributed by atoms with E-state index in [2.05, 4.69) is 33.1 Å². The van der Waals surface area contributed by atoms with Crippen LogP contribution in [-0.2, 0) is 0 Å². The monoisotopic (exact) mass is 318 g/mol. The fraction of sp³-hybridized carbons (Fsp3) is 1.00. The first-order valence-electron chi connectivity index (χ1n) is 10.3. The average molecular weight is 319 g/mol. The van der Waals surface area contributed by atoms with E-state index >= 15 is 0 Å². The lowest BCUT2D eigenvalue weighted by molar-refractivity contribution is -0.162. The molecule has 2 nitrogen and oxygen atoms in total. The van der Waals surface area contributed by atoms with E-state index in [9.17, 15) is 0 Å². The average Bonchev–Trinajstić information content (AvgIpc) is 2.91. The van der Waals surface area contributed by atoms with Crippen molar-refractivity contribution >= 4 is 0 Å². The Kier molecular flexibility index (Phi) is 3.71. The van der Waals surface area contributed by atoms with Crippen LogP contribution in [-0.4, -0.2) is 19.1 Å². The number of hydrogen-bond acceptors (Lipinski definition) is 2. The summed E-state index contributed by atoms with van der Waals surface area (Å²) >= 11 is 0. The molecule has 0 aromatic rings. The Morgan fingerprint density at radius 3 is 2.30 bits per heavy atom. The third kappa shape index (κ3) is 2.00. The van der Waals surface area contributed by atoms with Gasteiger partial charge in [-0.3, -0.25) is 0 Å². The first kappa shape index (κ1) is 16.4. The van der Waals surface area contributed by atoms with Crippen LogP contribution in [0.2, 0.25) is 0 Å². The van der Waals surface area contributed by atoms with Crippen LogP contribution in [0.5, 0.6) is 0 Å². The minimum absolute atomic E-state index is 0.343. The molecule has 0 saturated heterocycles. The molecule has 4 fully saturated rings. The van der Waals surface area contributed by atoms with Gasteiger partial charge in [-0.05, 0) is 92.4 Å². The molecule has 4 aliphatic carbocycles. The van der Waals surface area contributed by atoms with Crippen LogP contribution < -0.4 is 11.1 Å². The summed E-state index contributed by atoms with van der Waals surface area (Å²) in [6.45, 7) is 7.84. The molecule has 0 heterocycles. The zero-order valence-corrected chi connectivity index (χ0v) is 15.8. The second-order valence-corrected chi connectivity index (χ2v) is 10.3. The van der Waals surface area contributed by atoms with Crippen molar-refractivity contribution in [2.24, 2.45) is 39.7 Å². The highest BCUT2D eigenvalue weighted by Crippen LogP contribution is 2.69. The largest absolute Gasteiger partial charge is 0.326 e. The molecule has 8 atom stereocenters. The molecule has 2 heteroatoms. The predicted octanol–water partition coefficient (Wildman–Crippen LogP) is 4.33. The molecule has 0 aromatic heterocycles. The first-order valence-corrected chi connectivity index (χ1v) is 10.3. The van der Waals surface area contributed by atoms with Gasteiger partial charge in [0, 0.05) is 12.1 Å². The van der Waals surface area contributed by atoms with Gasteiger partial charge in [0.1, 0.15) is 0 Å². The molecule has 4 rings (SSSR count). The maximum atomic E-state index is 6.55.